The molecule has 0 radical (unpaired) electrons. The van der Waals surface area contributed by atoms with E-state index < -0.39 is 27.3 Å². The predicted molar refractivity (Wildman–Crippen MR) is 71.5 cm³/mol. The van der Waals surface area contributed by atoms with Crippen molar-refractivity contribution in [3.63, 3.8) is 0 Å². The number of hydrogen-bond donors (Lipinski definition) is 1. The van der Waals surface area contributed by atoms with Gasteiger partial charge in [0.1, 0.15) is 10.7 Å². The van der Waals surface area contributed by atoms with Crippen molar-refractivity contribution in [3.8, 4) is 0 Å². The zero-order valence-corrected chi connectivity index (χ0v) is 12.3. The molecule has 0 amide bonds. The molecule has 1 N–H and O–H groups in total. The van der Waals surface area contributed by atoms with Crippen LogP contribution in [0, 0.1) is 5.82 Å². The van der Waals surface area contributed by atoms with Gasteiger partial charge in [-0.1, -0.05) is 11.6 Å². The molecule has 1 aromatic carbocycles. The molecular weight excluding hydrogens is 309 g/mol. The summed E-state index contributed by atoms with van der Waals surface area (Å²) in [6.45, 7) is 0.573. The highest BCUT2D eigenvalue weighted by molar-refractivity contribution is 7.89. The maximum Gasteiger partial charge on any atom is 0.246 e. The van der Waals surface area contributed by atoms with Crippen LogP contribution in [0.1, 0.15) is 12.0 Å². The molecular formula is C12H15ClFNO4S. The van der Waals surface area contributed by atoms with E-state index in [9.17, 15) is 12.8 Å². The molecule has 1 fully saturated rings. The summed E-state index contributed by atoms with van der Waals surface area (Å²) in [5, 5.41) is 9.13. The van der Waals surface area contributed by atoms with Crippen molar-refractivity contribution in [1.82, 2.24) is 4.31 Å². The van der Waals surface area contributed by atoms with E-state index in [0.717, 1.165) is 6.07 Å². The van der Waals surface area contributed by atoms with Gasteiger partial charge in [0.2, 0.25) is 10.0 Å². The van der Waals surface area contributed by atoms with Crippen LogP contribution in [-0.4, -0.2) is 44.1 Å². The maximum atomic E-state index is 14.1. The number of aliphatic hydroxyl groups excluding tert-OH is 1. The minimum absolute atomic E-state index is 0.0695. The summed E-state index contributed by atoms with van der Waals surface area (Å²) in [7, 11) is -3.99. The van der Waals surface area contributed by atoms with Gasteiger partial charge >= 0.3 is 0 Å². The third-order valence-electron chi connectivity index (χ3n) is 3.05. The smallest absolute Gasteiger partial charge is 0.246 e. The van der Waals surface area contributed by atoms with E-state index in [0.29, 0.717) is 13.0 Å². The number of nitrogens with zero attached hydrogens (tertiary/aromatic N) is 1. The number of rotatable bonds is 3. The lowest BCUT2D eigenvalue weighted by atomic mass is 10.2. The number of halogens is 2. The first kappa shape index (κ1) is 15.7. The van der Waals surface area contributed by atoms with E-state index >= 15 is 0 Å². The van der Waals surface area contributed by atoms with E-state index in [-0.39, 0.29) is 30.3 Å². The second-order valence-electron chi connectivity index (χ2n) is 4.41. The van der Waals surface area contributed by atoms with Crippen LogP contribution in [0.25, 0.3) is 0 Å². The van der Waals surface area contributed by atoms with Crippen LogP contribution in [0.2, 0.25) is 5.02 Å². The second kappa shape index (κ2) is 6.36. The molecule has 0 aromatic heterocycles. The van der Waals surface area contributed by atoms with Crippen LogP contribution in [0.3, 0.4) is 0 Å². The van der Waals surface area contributed by atoms with Gasteiger partial charge in [-0.3, -0.25) is 0 Å². The number of sulfonamides is 1. The van der Waals surface area contributed by atoms with Gasteiger partial charge in [0.05, 0.1) is 13.2 Å². The average Bonchev–Trinajstić information content (AvgIpc) is 2.70. The van der Waals surface area contributed by atoms with Crippen LogP contribution in [-0.2, 0) is 21.4 Å². The second-order valence-corrected chi connectivity index (χ2v) is 6.75. The van der Waals surface area contributed by atoms with Gasteiger partial charge < -0.3 is 9.84 Å². The Balaban J connectivity index is 2.45. The minimum Gasteiger partial charge on any atom is -0.392 e. The van der Waals surface area contributed by atoms with E-state index in [1.807, 2.05) is 0 Å². The summed E-state index contributed by atoms with van der Waals surface area (Å²) < 4.78 is 45.5. The fourth-order valence-electron chi connectivity index (χ4n) is 2.02. The highest BCUT2D eigenvalue weighted by Crippen LogP contribution is 2.26. The molecule has 1 aliphatic rings. The summed E-state index contributed by atoms with van der Waals surface area (Å²) in [5.74, 6) is -0.956. The fraction of sp³-hybridized carbons (Fsp3) is 0.500. The Bertz CT molecular complexity index is 585. The van der Waals surface area contributed by atoms with E-state index in [4.69, 9.17) is 21.4 Å². The van der Waals surface area contributed by atoms with Gasteiger partial charge in [-0.2, -0.15) is 4.31 Å². The molecule has 0 saturated carbocycles. The minimum atomic E-state index is -3.99. The van der Waals surface area contributed by atoms with Crippen molar-refractivity contribution in [2.45, 2.75) is 17.9 Å². The quantitative estimate of drug-likeness (QED) is 0.912. The lowest BCUT2D eigenvalue weighted by Gasteiger charge is -2.20. The standard InChI is InChI=1S/C12H15ClFNO4S/c13-10-6-9(8-16)12(14)11(7-10)20(17,18)15-2-1-4-19-5-3-15/h6-7,16H,1-5,8H2. The summed E-state index contributed by atoms with van der Waals surface area (Å²) in [6.07, 6.45) is 0.550. The third kappa shape index (κ3) is 3.12. The summed E-state index contributed by atoms with van der Waals surface area (Å²) in [4.78, 5) is -0.504. The lowest BCUT2D eigenvalue weighted by Crippen LogP contribution is -2.34. The van der Waals surface area contributed by atoms with Crippen molar-refractivity contribution >= 4 is 21.6 Å². The molecule has 1 saturated heterocycles. The zero-order chi connectivity index (χ0) is 14.8. The monoisotopic (exact) mass is 323 g/mol. The molecule has 8 heteroatoms. The predicted octanol–water partition coefficient (Wildman–Crippen LogP) is 1.38. The Morgan fingerprint density at radius 2 is 2.10 bits per heavy atom. The average molecular weight is 324 g/mol. The number of hydrogen-bond acceptors (Lipinski definition) is 4. The molecule has 0 atom stereocenters. The van der Waals surface area contributed by atoms with Gasteiger partial charge in [-0.05, 0) is 18.6 Å². The van der Waals surface area contributed by atoms with E-state index in [1.165, 1.54) is 10.4 Å². The van der Waals surface area contributed by atoms with Crippen LogP contribution < -0.4 is 0 Å². The van der Waals surface area contributed by atoms with Crippen molar-refractivity contribution in [3.05, 3.63) is 28.5 Å². The van der Waals surface area contributed by atoms with Gasteiger partial charge in [0, 0.05) is 30.3 Å². The molecule has 0 unspecified atom stereocenters. The van der Waals surface area contributed by atoms with E-state index in [2.05, 4.69) is 0 Å². The first-order valence-corrected chi connectivity index (χ1v) is 7.95. The molecule has 1 aliphatic heterocycles. The Kier molecular flexibility index (Phi) is 4.98. The third-order valence-corrected chi connectivity index (χ3v) is 5.16. The Morgan fingerprint density at radius 1 is 1.35 bits per heavy atom. The van der Waals surface area contributed by atoms with Crippen molar-refractivity contribution < 1.29 is 22.7 Å². The fourth-order valence-corrected chi connectivity index (χ4v) is 3.93. The first-order chi connectivity index (χ1) is 9.46. The lowest BCUT2D eigenvalue weighted by molar-refractivity contribution is 0.148. The molecule has 20 heavy (non-hydrogen) atoms. The Hall–Kier alpha value is -0.730. The van der Waals surface area contributed by atoms with Gasteiger partial charge in [0.15, 0.2) is 0 Å². The van der Waals surface area contributed by atoms with Crippen LogP contribution >= 0.6 is 11.6 Å². The first-order valence-electron chi connectivity index (χ1n) is 6.13. The number of aliphatic hydroxyl groups is 1. The summed E-state index contributed by atoms with van der Waals surface area (Å²) >= 11 is 5.79. The molecule has 2 rings (SSSR count). The number of ether oxygens (including phenoxy) is 1. The molecule has 0 aliphatic carbocycles. The van der Waals surface area contributed by atoms with Gasteiger partial charge in [-0.25, -0.2) is 12.8 Å². The SMILES string of the molecule is O=S(=O)(c1cc(Cl)cc(CO)c1F)N1CCCOCC1. The van der Waals surface area contributed by atoms with Gasteiger partial charge in [-0.15, -0.1) is 0 Å². The van der Waals surface area contributed by atoms with Crippen molar-refractivity contribution in [1.29, 1.82) is 0 Å². The highest BCUT2D eigenvalue weighted by Gasteiger charge is 2.29. The molecule has 1 aromatic rings. The largest absolute Gasteiger partial charge is 0.392 e. The molecule has 5 nitrogen and oxygen atoms in total. The van der Waals surface area contributed by atoms with Crippen molar-refractivity contribution in [2.75, 3.05) is 26.3 Å². The van der Waals surface area contributed by atoms with E-state index in [1.54, 1.807) is 0 Å². The summed E-state index contributed by atoms with van der Waals surface area (Å²) in [6, 6.07) is 2.28. The van der Waals surface area contributed by atoms with Crippen LogP contribution in [0.5, 0.6) is 0 Å². The molecule has 0 bridgehead atoms. The zero-order valence-electron chi connectivity index (χ0n) is 10.7. The maximum absolute atomic E-state index is 14.1. The highest BCUT2D eigenvalue weighted by atomic mass is 35.5. The van der Waals surface area contributed by atoms with Crippen LogP contribution in [0.15, 0.2) is 17.0 Å². The Morgan fingerprint density at radius 3 is 2.80 bits per heavy atom. The summed E-state index contributed by atoms with van der Waals surface area (Å²) in [5.41, 5.74) is -0.137. The number of benzene rings is 1. The van der Waals surface area contributed by atoms with Crippen LogP contribution in [0.4, 0.5) is 4.39 Å². The van der Waals surface area contributed by atoms with Crippen molar-refractivity contribution in [2.24, 2.45) is 0 Å². The Labute approximate surface area is 122 Å². The normalized spacial score (nSPS) is 17.9. The molecule has 112 valence electrons. The molecule has 0 spiro atoms. The van der Waals surface area contributed by atoms with Gasteiger partial charge in [0.25, 0.3) is 0 Å². The molecule has 1 heterocycles. The topological polar surface area (TPSA) is 66.8 Å².